The summed E-state index contributed by atoms with van der Waals surface area (Å²) in [6.45, 7) is 6.07. The summed E-state index contributed by atoms with van der Waals surface area (Å²) in [4.78, 5) is 26.0. The second-order valence-corrected chi connectivity index (χ2v) is 7.46. The molecule has 1 aliphatic heterocycles. The van der Waals surface area contributed by atoms with Gasteiger partial charge in [-0.25, -0.2) is 4.79 Å². The fraction of sp³-hybridized carbons (Fsp3) is 0.529. The van der Waals surface area contributed by atoms with Gasteiger partial charge in [-0.1, -0.05) is 23.7 Å². The number of nitrogens with two attached hydrogens (primary N) is 1. The van der Waals surface area contributed by atoms with E-state index < -0.39 is 23.1 Å². The third-order valence-corrected chi connectivity index (χ3v) is 4.19. The van der Waals surface area contributed by atoms with Gasteiger partial charge in [0, 0.05) is 6.54 Å². The first-order valence-electron chi connectivity index (χ1n) is 7.93. The topological polar surface area (TPSA) is 84.7 Å². The number of carbonyl (C=O) groups excluding carboxylic acids is 2. The average molecular weight is 354 g/mol. The van der Waals surface area contributed by atoms with Crippen LogP contribution in [-0.2, 0) is 9.53 Å². The molecule has 1 saturated heterocycles. The van der Waals surface area contributed by atoms with Crippen molar-refractivity contribution in [1.82, 2.24) is 4.90 Å². The van der Waals surface area contributed by atoms with Gasteiger partial charge in [0.05, 0.1) is 17.3 Å². The van der Waals surface area contributed by atoms with E-state index in [1.807, 2.05) is 6.07 Å². The van der Waals surface area contributed by atoms with E-state index >= 15 is 0 Å². The number of hydrogen-bond donors (Lipinski definition) is 2. The van der Waals surface area contributed by atoms with Gasteiger partial charge in [-0.05, 0) is 45.7 Å². The van der Waals surface area contributed by atoms with Crippen molar-refractivity contribution in [2.24, 2.45) is 5.73 Å². The number of benzene rings is 1. The van der Waals surface area contributed by atoms with E-state index in [9.17, 15) is 9.59 Å². The summed E-state index contributed by atoms with van der Waals surface area (Å²) < 4.78 is 5.41. The average Bonchev–Trinajstić information content (AvgIpc) is 2.48. The van der Waals surface area contributed by atoms with Crippen LogP contribution in [0.1, 0.15) is 33.6 Å². The smallest absolute Gasteiger partial charge is 0.410 e. The second kappa shape index (κ2) is 6.89. The lowest BCUT2D eigenvalue weighted by Gasteiger charge is -2.42. The van der Waals surface area contributed by atoms with Crippen molar-refractivity contribution in [2.45, 2.75) is 44.8 Å². The number of rotatable bonds is 3. The van der Waals surface area contributed by atoms with Crippen LogP contribution < -0.4 is 11.1 Å². The van der Waals surface area contributed by atoms with Crippen molar-refractivity contribution in [3.63, 3.8) is 0 Å². The molecule has 0 bridgehead atoms. The van der Waals surface area contributed by atoms with Crippen molar-refractivity contribution >= 4 is 29.3 Å². The largest absolute Gasteiger partial charge is 0.444 e. The summed E-state index contributed by atoms with van der Waals surface area (Å²) in [7, 11) is 0. The highest BCUT2D eigenvalue weighted by molar-refractivity contribution is 6.33. The number of para-hydroxylation sites is 1. The Hall–Kier alpha value is -1.95. The molecule has 1 aliphatic rings. The van der Waals surface area contributed by atoms with Crippen molar-refractivity contribution < 1.29 is 14.3 Å². The van der Waals surface area contributed by atoms with Crippen LogP contribution >= 0.6 is 11.6 Å². The van der Waals surface area contributed by atoms with Crippen LogP contribution in [0.5, 0.6) is 0 Å². The van der Waals surface area contributed by atoms with Gasteiger partial charge in [-0.15, -0.1) is 0 Å². The molecule has 3 N–H and O–H groups in total. The Labute approximate surface area is 147 Å². The van der Waals surface area contributed by atoms with E-state index in [1.54, 1.807) is 39.0 Å². The molecule has 1 heterocycles. The number of primary amides is 1. The van der Waals surface area contributed by atoms with Gasteiger partial charge < -0.3 is 20.7 Å². The van der Waals surface area contributed by atoms with Crippen LogP contribution in [-0.4, -0.2) is 41.1 Å². The van der Waals surface area contributed by atoms with E-state index in [1.165, 1.54) is 4.90 Å². The van der Waals surface area contributed by atoms with Crippen LogP contribution in [0.3, 0.4) is 0 Å². The monoisotopic (exact) mass is 353 g/mol. The molecule has 1 aromatic rings. The number of nitrogens with one attached hydrogen (secondary N) is 1. The van der Waals surface area contributed by atoms with Gasteiger partial charge in [-0.3, -0.25) is 4.79 Å². The lowest BCUT2D eigenvalue weighted by atomic mass is 9.88. The number of carbonyl (C=O) groups is 2. The minimum atomic E-state index is -1.07. The molecule has 0 saturated carbocycles. The quantitative estimate of drug-likeness (QED) is 0.874. The maximum absolute atomic E-state index is 12.3. The number of likely N-dealkylation sites (tertiary alicyclic amines) is 1. The summed E-state index contributed by atoms with van der Waals surface area (Å²) in [6, 6.07) is 7.13. The minimum Gasteiger partial charge on any atom is -0.444 e. The van der Waals surface area contributed by atoms with Gasteiger partial charge in [0.1, 0.15) is 11.1 Å². The maximum atomic E-state index is 12.3. The zero-order valence-electron chi connectivity index (χ0n) is 14.3. The normalized spacial score (nSPS) is 21.2. The molecular weight excluding hydrogens is 330 g/mol. The molecule has 0 radical (unpaired) electrons. The number of piperidine rings is 1. The number of ether oxygens (including phenoxy) is 1. The Kier molecular flexibility index (Phi) is 5.28. The van der Waals surface area contributed by atoms with Crippen LogP contribution in [0, 0.1) is 0 Å². The standard InChI is InChI=1S/C17H24ClN3O3/c1-16(2,3)24-15(23)21-10-6-9-17(11-21,14(19)22)20-13-8-5-4-7-12(13)18/h4-5,7-8,20H,6,9-11H2,1-3H3,(H2,19,22). The molecule has 1 unspecified atom stereocenters. The van der Waals surface area contributed by atoms with Crippen LogP contribution in [0.2, 0.25) is 5.02 Å². The molecule has 1 atom stereocenters. The highest BCUT2D eigenvalue weighted by Gasteiger charge is 2.43. The molecule has 0 spiro atoms. The molecule has 7 heteroatoms. The third kappa shape index (κ3) is 4.32. The zero-order chi connectivity index (χ0) is 18.0. The predicted molar refractivity (Wildman–Crippen MR) is 94.0 cm³/mol. The van der Waals surface area contributed by atoms with Crippen molar-refractivity contribution in [1.29, 1.82) is 0 Å². The number of nitrogens with zero attached hydrogens (tertiary/aromatic N) is 1. The van der Waals surface area contributed by atoms with Gasteiger partial charge in [0.2, 0.25) is 5.91 Å². The lowest BCUT2D eigenvalue weighted by Crippen LogP contribution is -2.61. The fourth-order valence-electron chi connectivity index (χ4n) is 2.72. The molecule has 1 fully saturated rings. The predicted octanol–water partition coefficient (Wildman–Crippen LogP) is 3.01. The molecule has 0 aliphatic carbocycles. The molecule has 2 rings (SSSR count). The number of halogens is 1. The number of hydrogen-bond acceptors (Lipinski definition) is 4. The molecule has 2 amide bonds. The molecule has 0 aromatic heterocycles. The summed E-state index contributed by atoms with van der Waals surface area (Å²) >= 11 is 6.18. The van der Waals surface area contributed by atoms with Crippen LogP contribution in [0.4, 0.5) is 10.5 Å². The summed E-state index contributed by atoms with van der Waals surface area (Å²) in [5, 5.41) is 3.65. The van der Waals surface area contributed by atoms with Gasteiger partial charge in [0.15, 0.2) is 0 Å². The Morgan fingerprint density at radius 1 is 1.33 bits per heavy atom. The van der Waals surface area contributed by atoms with E-state index in [0.717, 1.165) is 0 Å². The lowest BCUT2D eigenvalue weighted by molar-refractivity contribution is -0.123. The zero-order valence-corrected chi connectivity index (χ0v) is 15.0. The SMILES string of the molecule is CC(C)(C)OC(=O)N1CCCC(Nc2ccccc2Cl)(C(N)=O)C1. The fourth-order valence-corrected chi connectivity index (χ4v) is 2.91. The second-order valence-electron chi connectivity index (χ2n) is 7.06. The van der Waals surface area contributed by atoms with E-state index in [4.69, 9.17) is 22.1 Å². The third-order valence-electron chi connectivity index (χ3n) is 3.86. The Morgan fingerprint density at radius 3 is 2.58 bits per heavy atom. The van der Waals surface area contributed by atoms with E-state index in [2.05, 4.69) is 5.32 Å². The van der Waals surface area contributed by atoms with Crippen molar-refractivity contribution in [3.05, 3.63) is 29.3 Å². The van der Waals surface area contributed by atoms with Crippen LogP contribution in [0.25, 0.3) is 0 Å². The first-order valence-corrected chi connectivity index (χ1v) is 8.31. The maximum Gasteiger partial charge on any atom is 0.410 e. The molecule has 1 aromatic carbocycles. The first-order chi connectivity index (χ1) is 11.1. The van der Waals surface area contributed by atoms with Gasteiger partial charge in [-0.2, -0.15) is 0 Å². The van der Waals surface area contributed by atoms with E-state index in [-0.39, 0.29) is 6.54 Å². The summed E-state index contributed by atoms with van der Waals surface area (Å²) in [5.41, 5.74) is 4.61. The van der Waals surface area contributed by atoms with Crippen molar-refractivity contribution in [3.8, 4) is 0 Å². The summed E-state index contributed by atoms with van der Waals surface area (Å²) in [6.07, 6.45) is 0.709. The van der Waals surface area contributed by atoms with Gasteiger partial charge >= 0.3 is 6.09 Å². The highest BCUT2D eigenvalue weighted by atomic mass is 35.5. The first kappa shape index (κ1) is 18.4. The number of amides is 2. The van der Waals surface area contributed by atoms with Crippen molar-refractivity contribution in [2.75, 3.05) is 18.4 Å². The molecular formula is C17H24ClN3O3. The molecule has 24 heavy (non-hydrogen) atoms. The number of anilines is 1. The van der Waals surface area contributed by atoms with E-state index in [0.29, 0.717) is 30.1 Å². The minimum absolute atomic E-state index is 0.141. The Bertz CT molecular complexity index is 630. The molecule has 6 nitrogen and oxygen atoms in total. The highest BCUT2D eigenvalue weighted by Crippen LogP contribution is 2.30. The summed E-state index contributed by atoms with van der Waals surface area (Å²) in [5.74, 6) is -0.518. The Morgan fingerprint density at radius 2 is 2.00 bits per heavy atom. The van der Waals surface area contributed by atoms with Gasteiger partial charge in [0.25, 0.3) is 0 Å². The Balaban J connectivity index is 2.21. The molecule has 132 valence electrons. The van der Waals surface area contributed by atoms with Crippen LogP contribution in [0.15, 0.2) is 24.3 Å².